The van der Waals surface area contributed by atoms with Crippen molar-refractivity contribution >= 4 is 23.2 Å². The van der Waals surface area contributed by atoms with Crippen LogP contribution in [0.15, 0.2) is 48.5 Å². The lowest BCUT2D eigenvalue weighted by Crippen LogP contribution is -2.41. The molecule has 0 aromatic heterocycles. The van der Waals surface area contributed by atoms with Gasteiger partial charge in [0.1, 0.15) is 6.61 Å². The predicted octanol–water partition coefficient (Wildman–Crippen LogP) is 2.61. The Balaban J connectivity index is 1.70. The van der Waals surface area contributed by atoms with Crippen LogP contribution in [0.5, 0.6) is 0 Å². The van der Waals surface area contributed by atoms with Gasteiger partial charge in [0.05, 0.1) is 6.61 Å². The molecule has 118 valence electrons. The zero-order chi connectivity index (χ0) is 16.2. The van der Waals surface area contributed by atoms with Crippen LogP contribution in [0.1, 0.15) is 15.9 Å². The number of hydrogen-bond acceptors (Lipinski definition) is 3. The van der Waals surface area contributed by atoms with E-state index in [0.29, 0.717) is 24.4 Å². The fraction of sp³-hybridized carbons (Fsp3) is 0.222. The maximum Gasteiger partial charge on any atom is 0.255 e. The van der Waals surface area contributed by atoms with Crippen molar-refractivity contribution in [2.75, 3.05) is 30.0 Å². The molecule has 0 aliphatic carbocycles. The van der Waals surface area contributed by atoms with Crippen molar-refractivity contribution in [3.8, 4) is 0 Å². The standard InChI is InChI=1S/C18H18N2O3/c1-13-3-2-4-14(11-13)18(22)19-15-5-7-16(8-6-15)20-9-10-23-12-17(20)21/h2-8,11H,9-10,12H2,1H3,(H,19,22). The van der Waals surface area contributed by atoms with Crippen LogP contribution < -0.4 is 10.2 Å². The average Bonchev–Trinajstić information content (AvgIpc) is 2.56. The van der Waals surface area contributed by atoms with Gasteiger partial charge in [-0.3, -0.25) is 9.59 Å². The number of hydrogen-bond donors (Lipinski definition) is 1. The molecule has 2 amide bonds. The molecule has 1 fully saturated rings. The molecule has 0 bridgehead atoms. The lowest BCUT2D eigenvalue weighted by atomic mass is 10.1. The summed E-state index contributed by atoms with van der Waals surface area (Å²) in [7, 11) is 0. The third kappa shape index (κ3) is 3.57. The molecule has 5 heteroatoms. The molecule has 3 rings (SSSR count). The maximum absolute atomic E-state index is 12.2. The Morgan fingerprint density at radius 1 is 1.17 bits per heavy atom. The molecule has 23 heavy (non-hydrogen) atoms. The molecule has 5 nitrogen and oxygen atoms in total. The normalized spacial score (nSPS) is 14.7. The minimum Gasteiger partial charge on any atom is -0.370 e. The van der Waals surface area contributed by atoms with Crippen LogP contribution in [0.2, 0.25) is 0 Å². The Kier molecular flexibility index (Phi) is 4.39. The second kappa shape index (κ2) is 6.62. The highest BCUT2D eigenvalue weighted by atomic mass is 16.5. The Morgan fingerprint density at radius 2 is 1.96 bits per heavy atom. The lowest BCUT2D eigenvalue weighted by Gasteiger charge is -2.26. The summed E-state index contributed by atoms with van der Waals surface area (Å²) in [5.74, 6) is -0.198. The van der Waals surface area contributed by atoms with Crippen molar-refractivity contribution in [3.63, 3.8) is 0 Å². The minimum absolute atomic E-state index is 0.0483. The van der Waals surface area contributed by atoms with Gasteiger partial charge < -0.3 is 15.0 Å². The first kappa shape index (κ1) is 15.2. The molecule has 2 aromatic carbocycles. The second-order valence-corrected chi connectivity index (χ2v) is 5.47. The summed E-state index contributed by atoms with van der Waals surface area (Å²) in [4.78, 5) is 25.7. The van der Waals surface area contributed by atoms with E-state index in [1.54, 1.807) is 23.1 Å². The predicted molar refractivity (Wildman–Crippen MR) is 88.7 cm³/mol. The third-order valence-electron chi connectivity index (χ3n) is 3.70. The molecule has 2 aromatic rings. The number of carbonyl (C=O) groups excluding carboxylic acids is 2. The summed E-state index contributed by atoms with van der Waals surface area (Å²) in [6, 6.07) is 14.7. The lowest BCUT2D eigenvalue weighted by molar-refractivity contribution is -0.125. The number of carbonyl (C=O) groups is 2. The van der Waals surface area contributed by atoms with Gasteiger partial charge in [0.2, 0.25) is 0 Å². The molecule has 0 unspecified atom stereocenters. The van der Waals surface area contributed by atoms with E-state index in [9.17, 15) is 9.59 Å². The minimum atomic E-state index is -0.149. The summed E-state index contributed by atoms with van der Waals surface area (Å²) < 4.78 is 5.12. The quantitative estimate of drug-likeness (QED) is 0.948. The number of morpholine rings is 1. The number of ether oxygens (including phenoxy) is 1. The van der Waals surface area contributed by atoms with E-state index in [0.717, 1.165) is 11.3 Å². The first-order valence-corrected chi connectivity index (χ1v) is 7.50. The molecule has 1 aliphatic heterocycles. The van der Waals surface area contributed by atoms with Crippen molar-refractivity contribution in [1.82, 2.24) is 0 Å². The Bertz CT molecular complexity index is 725. The molecule has 0 saturated carbocycles. The molecule has 0 spiro atoms. The molecular weight excluding hydrogens is 292 g/mol. The van der Waals surface area contributed by atoms with E-state index >= 15 is 0 Å². The van der Waals surface area contributed by atoms with Gasteiger partial charge in [-0.2, -0.15) is 0 Å². The van der Waals surface area contributed by atoms with E-state index in [1.807, 2.05) is 37.3 Å². The van der Waals surface area contributed by atoms with Gasteiger partial charge >= 0.3 is 0 Å². The Hall–Kier alpha value is -2.66. The number of amides is 2. The monoisotopic (exact) mass is 310 g/mol. The molecule has 1 N–H and O–H groups in total. The van der Waals surface area contributed by atoms with Crippen LogP contribution in [-0.4, -0.2) is 31.6 Å². The summed E-state index contributed by atoms with van der Waals surface area (Å²) >= 11 is 0. The first-order chi connectivity index (χ1) is 11.1. The summed E-state index contributed by atoms with van der Waals surface area (Å²) in [6.45, 7) is 3.15. The highest BCUT2D eigenvalue weighted by Crippen LogP contribution is 2.20. The van der Waals surface area contributed by atoms with Gasteiger partial charge in [-0.1, -0.05) is 17.7 Å². The number of benzene rings is 2. The zero-order valence-electron chi connectivity index (χ0n) is 12.9. The number of rotatable bonds is 3. The van der Waals surface area contributed by atoms with Crippen LogP contribution >= 0.6 is 0 Å². The van der Waals surface area contributed by atoms with Gasteiger partial charge in [0, 0.05) is 23.5 Å². The van der Waals surface area contributed by atoms with Crippen LogP contribution in [0, 0.1) is 6.92 Å². The number of nitrogens with one attached hydrogen (secondary N) is 1. The molecular formula is C18H18N2O3. The van der Waals surface area contributed by atoms with Crippen molar-refractivity contribution < 1.29 is 14.3 Å². The van der Waals surface area contributed by atoms with Crippen LogP contribution in [0.4, 0.5) is 11.4 Å². The summed E-state index contributed by atoms with van der Waals surface area (Å²) in [6.07, 6.45) is 0. The van der Waals surface area contributed by atoms with Crippen molar-refractivity contribution in [2.45, 2.75) is 6.92 Å². The summed E-state index contributed by atoms with van der Waals surface area (Å²) in [5.41, 5.74) is 3.17. The molecule has 1 saturated heterocycles. The average molecular weight is 310 g/mol. The Morgan fingerprint density at radius 3 is 2.65 bits per heavy atom. The van der Waals surface area contributed by atoms with Gasteiger partial charge in [-0.25, -0.2) is 0 Å². The maximum atomic E-state index is 12.2. The van der Waals surface area contributed by atoms with Crippen molar-refractivity contribution in [1.29, 1.82) is 0 Å². The third-order valence-corrected chi connectivity index (χ3v) is 3.70. The van der Waals surface area contributed by atoms with Crippen molar-refractivity contribution in [3.05, 3.63) is 59.7 Å². The number of nitrogens with zero attached hydrogens (tertiary/aromatic N) is 1. The van der Waals surface area contributed by atoms with Gasteiger partial charge in [-0.15, -0.1) is 0 Å². The molecule has 0 radical (unpaired) electrons. The smallest absolute Gasteiger partial charge is 0.255 e. The highest BCUT2D eigenvalue weighted by molar-refractivity contribution is 6.04. The van der Waals surface area contributed by atoms with Gasteiger partial charge in [0.25, 0.3) is 11.8 Å². The molecule has 1 aliphatic rings. The number of aryl methyl sites for hydroxylation is 1. The van der Waals surface area contributed by atoms with Gasteiger partial charge in [-0.05, 0) is 43.3 Å². The first-order valence-electron chi connectivity index (χ1n) is 7.50. The molecule has 1 heterocycles. The van der Waals surface area contributed by atoms with E-state index in [4.69, 9.17) is 4.74 Å². The largest absolute Gasteiger partial charge is 0.370 e. The highest BCUT2D eigenvalue weighted by Gasteiger charge is 2.19. The number of anilines is 2. The SMILES string of the molecule is Cc1cccc(C(=O)Nc2ccc(N3CCOCC3=O)cc2)c1. The molecule has 0 atom stereocenters. The van der Waals surface area contributed by atoms with E-state index < -0.39 is 0 Å². The fourth-order valence-electron chi connectivity index (χ4n) is 2.51. The fourth-order valence-corrected chi connectivity index (χ4v) is 2.51. The van der Waals surface area contributed by atoms with Gasteiger partial charge in [0.15, 0.2) is 0 Å². The zero-order valence-corrected chi connectivity index (χ0v) is 12.9. The van der Waals surface area contributed by atoms with E-state index in [2.05, 4.69) is 5.32 Å². The Labute approximate surface area is 134 Å². The van der Waals surface area contributed by atoms with Crippen LogP contribution in [0.3, 0.4) is 0 Å². The topological polar surface area (TPSA) is 58.6 Å². The van der Waals surface area contributed by atoms with Crippen molar-refractivity contribution in [2.24, 2.45) is 0 Å². The van der Waals surface area contributed by atoms with E-state index in [-0.39, 0.29) is 18.4 Å². The summed E-state index contributed by atoms with van der Waals surface area (Å²) in [5, 5.41) is 2.86. The van der Waals surface area contributed by atoms with Crippen LogP contribution in [0.25, 0.3) is 0 Å². The van der Waals surface area contributed by atoms with E-state index in [1.165, 1.54) is 0 Å². The van der Waals surface area contributed by atoms with Crippen LogP contribution in [-0.2, 0) is 9.53 Å². The second-order valence-electron chi connectivity index (χ2n) is 5.47.